The molecule has 4 aromatic rings. The van der Waals surface area contributed by atoms with Crippen LogP contribution in [0.1, 0.15) is 20.9 Å². The zero-order chi connectivity index (χ0) is 18.3. The van der Waals surface area contributed by atoms with E-state index in [4.69, 9.17) is 4.98 Å². The van der Waals surface area contributed by atoms with Gasteiger partial charge in [0.25, 0.3) is 0 Å². The molecule has 2 nitrogen and oxygen atoms in total. The average Bonchev–Trinajstić information content (AvgIpc) is 3.19. The summed E-state index contributed by atoms with van der Waals surface area (Å²) < 4.78 is 0. The Morgan fingerprint density at radius 2 is 1.35 bits per heavy atom. The maximum absolute atomic E-state index is 5.00. The van der Waals surface area contributed by atoms with Crippen LogP contribution in [0, 0.1) is 27.7 Å². The molecule has 0 aliphatic heterocycles. The molecular formula is C23H22N2S. The van der Waals surface area contributed by atoms with Crippen molar-refractivity contribution in [1.29, 1.82) is 0 Å². The predicted molar refractivity (Wildman–Crippen MR) is 112 cm³/mol. The van der Waals surface area contributed by atoms with Gasteiger partial charge in [0, 0.05) is 26.4 Å². The molecule has 0 atom stereocenters. The van der Waals surface area contributed by atoms with Gasteiger partial charge in [0.2, 0.25) is 0 Å². The van der Waals surface area contributed by atoms with Crippen molar-refractivity contribution in [2.24, 2.45) is 0 Å². The van der Waals surface area contributed by atoms with Crippen LogP contribution in [-0.2, 0) is 0 Å². The first-order chi connectivity index (χ1) is 12.5. The molecular weight excluding hydrogens is 336 g/mol. The summed E-state index contributed by atoms with van der Waals surface area (Å²) in [5, 5.41) is 0. The van der Waals surface area contributed by atoms with Crippen LogP contribution in [0.25, 0.3) is 33.9 Å². The third kappa shape index (κ3) is 3.11. The molecule has 130 valence electrons. The van der Waals surface area contributed by atoms with Gasteiger partial charge in [0.1, 0.15) is 5.82 Å². The molecule has 0 aliphatic carbocycles. The van der Waals surface area contributed by atoms with Crippen molar-refractivity contribution < 1.29 is 0 Å². The third-order valence-corrected chi connectivity index (χ3v) is 5.63. The van der Waals surface area contributed by atoms with E-state index in [-0.39, 0.29) is 0 Å². The predicted octanol–water partition coefficient (Wildman–Crippen LogP) is 6.71. The Morgan fingerprint density at radius 3 is 1.88 bits per heavy atom. The van der Waals surface area contributed by atoms with Crippen molar-refractivity contribution in [3.8, 4) is 33.9 Å². The standard InChI is InChI=1S/C23H22N2S/c1-14-5-9-18(10-6-14)21-22(19-11-7-15(2)8-12-19)25-23(24-21)20-13-16(3)26-17(20)4/h5-13H,1-4H3,(H,24,25). The first-order valence-corrected chi connectivity index (χ1v) is 9.64. The molecule has 0 unspecified atom stereocenters. The molecule has 26 heavy (non-hydrogen) atoms. The van der Waals surface area contributed by atoms with E-state index >= 15 is 0 Å². The lowest BCUT2D eigenvalue weighted by Gasteiger charge is -2.04. The highest BCUT2D eigenvalue weighted by atomic mass is 32.1. The molecule has 0 fully saturated rings. The van der Waals surface area contributed by atoms with Gasteiger partial charge < -0.3 is 4.98 Å². The minimum Gasteiger partial charge on any atom is -0.337 e. The lowest BCUT2D eigenvalue weighted by atomic mass is 10.0. The van der Waals surface area contributed by atoms with Gasteiger partial charge in [0.05, 0.1) is 11.4 Å². The number of nitrogens with one attached hydrogen (secondary N) is 1. The molecule has 2 aromatic heterocycles. The number of aromatic nitrogens is 2. The molecule has 0 saturated carbocycles. The summed E-state index contributed by atoms with van der Waals surface area (Å²) in [5.41, 5.74) is 8.09. The second-order valence-electron chi connectivity index (χ2n) is 6.87. The molecule has 1 N–H and O–H groups in total. The monoisotopic (exact) mass is 358 g/mol. The molecule has 2 heterocycles. The third-order valence-electron chi connectivity index (χ3n) is 4.67. The van der Waals surface area contributed by atoms with Crippen LogP contribution < -0.4 is 0 Å². The van der Waals surface area contributed by atoms with Crippen LogP contribution in [0.2, 0.25) is 0 Å². The number of aromatic amines is 1. The Balaban J connectivity index is 1.91. The van der Waals surface area contributed by atoms with Gasteiger partial charge in [-0.3, -0.25) is 0 Å². The smallest absolute Gasteiger partial charge is 0.139 e. The summed E-state index contributed by atoms with van der Waals surface area (Å²) in [4.78, 5) is 11.2. The molecule has 0 radical (unpaired) electrons. The summed E-state index contributed by atoms with van der Waals surface area (Å²) in [6, 6.07) is 19.4. The molecule has 0 amide bonds. The highest BCUT2D eigenvalue weighted by molar-refractivity contribution is 7.12. The normalized spacial score (nSPS) is 11.1. The van der Waals surface area contributed by atoms with Crippen LogP contribution in [0.3, 0.4) is 0 Å². The van der Waals surface area contributed by atoms with Crippen LogP contribution >= 0.6 is 11.3 Å². The van der Waals surface area contributed by atoms with Crippen molar-refractivity contribution in [3.63, 3.8) is 0 Å². The van der Waals surface area contributed by atoms with E-state index in [0.29, 0.717) is 0 Å². The van der Waals surface area contributed by atoms with Crippen molar-refractivity contribution in [3.05, 3.63) is 75.5 Å². The van der Waals surface area contributed by atoms with Crippen LogP contribution in [0.4, 0.5) is 0 Å². The number of hydrogen-bond donors (Lipinski definition) is 1. The van der Waals surface area contributed by atoms with Gasteiger partial charge in [-0.2, -0.15) is 0 Å². The number of hydrogen-bond acceptors (Lipinski definition) is 2. The highest BCUT2D eigenvalue weighted by Gasteiger charge is 2.17. The minimum atomic E-state index is 0.943. The van der Waals surface area contributed by atoms with E-state index in [1.54, 1.807) is 0 Å². The topological polar surface area (TPSA) is 28.7 Å². The summed E-state index contributed by atoms with van der Waals surface area (Å²) in [5.74, 6) is 0.943. The number of rotatable bonds is 3. The van der Waals surface area contributed by atoms with Gasteiger partial charge >= 0.3 is 0 Å². The molecule has 4 rings (SSSR count). The summed E-state index contributed by atoms with van der Waals surface area (Å²) in [6.07, 6.45) is 0. The Morgan fingerprint density at radius 1 is 0.769 bits per heavy atom. The second kappa shape index (κ2) is 6.58. The molecule has 0 saturated heterocycles. The number of thiophene rings is 1. The van der Waals surface area contributed by atoms with E-state index in [0.717, 1.165) is 28.3 Å². The van der Waals surface area contributed by atoms with Crippen molar-refractivity contribution >= 4 is 11.3 Å². The summed E-state index contributed by atoms with van der Waals surface area (Å²) in [6.45, 7) is 8.52. The van der Waals surface area contributed by atoms with Crippen LogP contribution in [-0.4, -0.2) is 9.97 Å². The number of nitrogens with zero attached hydrogens (tertiary/aromatic N) is 1. The Hall–Kier alpha value is -2.65. The van der Waals surface area contributed by atoms with Gasteiger partial charge in [-0.15, -0.1) is 11.3 Å². The fraction of sp³-hybridized carbons (Fsp3) is 0.174. The fourth-order valence-electron chi connectivity index (χ4n) is 3.22. The van der Waals surface area contributed by atoms with E-state index in [2.05, 4.69) is 87.3 Å². The Labute approximate surface area is 158 Å². The van der Waals surface area contributed by atoms with Gasteiger partial charge in [0.15, 0.2) is 0 Å². The maximum atomic E-state index is 5.00. The van der Waals surface area contributed by atoms with Gasteiger partial charge in [-0.25, -0.2) is 4.98 Å². The zero-order valence-electron chi connectivity index (χ0n) is 15.6. The first-order valence-electron chi connectivity index (χ1n) is 8.83. The molecule has 3 heteroatoms. The number of H-pyrrole nitrogens is 1. The van der Waals surface area contributed by atoms with Crippen molar-refractivity contribution in [1.82, 2.24) is 9.97 Å². The van der Waals surface area contributed by atoms with Crippen molar-refractivity contribution in [2.75, 3.05) is 0 Å². The van der Waals surface area contributed by atoms with Crippen LogP contribution in [0.5, 0.6) is 0 Å². The molecule has 0 aliphatic rings. The summed E-state index contributed by atoms with van der Waals surface area (Å²) >= 11 is 1.81. The van der Waals surface area contributed by atoms with E-state index in [1.807, 2.05) is 11.3 Å². The number of aryl methyl sites for hydroxylation is 4. The van der Waals surface area contributed by atoms with E-state index in [1.165, 1.54) is 26.4 Å². The zero-order valence-corrected chi connectivity index (χ0v) is 16.4. The quantitative estimate of drug-likeness (QED) is 0.433. The lowest BCUT2D eigenvalue weighted by molar-refractivity contribution is 1.30. The number of imidazole rings is 1. The average molecular weight is 359 g/mol. The number of benzene rings is 2. The van der Waals surface area contributed by atoms with Crippen molar-refractivity contribution in [2.45, 2.75) is 27.7 Å². The SMILES string of the molecule is Cc1ccc(-c2nc(-c3cc(C)sc3C)[nH]c2-c2ccc(C)cc2)cc1. The van der Waals surface area contributed by atoms with Gasteiger partial charge in [-0.05, 0) is 33.8 Å². The minimum absolute atomic E-state index is 0.943. The van der Waals surface area contributed by atoms with E-state index < -0.39 is 0 Å². The van der Waals surface area contributed by atoms with Crippen LogP contribution in [0.15, 0.2) is 54.6 Å². The fourth-order valence-corrected chi connectivity index (χ4v) is 4.14. The van der Waals surface area contributed by atoms with E-state index in [9.17, 15) is 0 Å². The van der Waals surface area contributed by atoms with Gasteiger partial charge in [-0.1, -0.05) is 59.7 Å². The molecule has 2 aromatic carbocycles. The summed E-state index contributed by atoms with van der Waals surface area (Å²) in [7, 11) is 0. The Kier molecular flexibility index (Phi) is 4.25. The largest absolute Gasteiger partial charge is 0.337 e. The molecule has 0 spiro atoms. The second-order valence-corrected chi connectivity index (χ2v) is 8.33. The first kappa shape index (κ1) is 16.8. The highest BCUT2D eigenvalue weighted by Crippen LogP contribution is 2.36. The lowest BCUT2D eigenvalue weighted by Crippen LogP contribution is -1.84. The molecule has 0 bridgehead atoms. The maximum Gasteiger partial charge on any atom is 0.139 e. The Bertz CT molecular complexity index is 988.